The number of aliphatic hydroxyl groups excluding tert-OH is 3. The largest absolute Gasteiger partial charge is 0.508 e. The lowest BCUT2D eigenvalue weighted by Crippen LogP contribution is -2.39. The smallest absolute Gasteiger partial charge is 0.488 e. The number of aliphatic hydroxyl groups is 3. The molecule has 1 aliphatic carbocycles. The first-order valence-corrected chi connectivity index (χ1v) is 14.2. The normalized spacial score (nSPS) is 21.3. The molecule has 1 aliphatic heterocycles. The highest BCUT2D eigenvalue weighted by atomic mass is 16.4. The number of anilines is 1. The van der Waals surface area contributed by atoms with Gasteiger partial charge in [0.25, 0.3) is 0 Å². The summed E-state index contributed by atoms with van der Waals surface area (Å²) in [4.78, 5) is 28.2. The van der Waals surface area contributed by atoms with Crippen LogP contribution in [0.4, 0.5) is 5.69 Å². The van der Waals surface area contributed by atoms with Gasteiger partial charge >= 0.3 is 7.12 Å². The maximum Gasteiger partial charge on any atom is 0.488 e. The van der Waals surface area contributed by atoms with E-state index < -0.39 is 56.0 Å². The fourth-order valence-electron chi connectivity index (χ4n) is 6.40. The van der Waals surface area contributed by atoms with Gasteiger partial charge in [-0.25, -0.2) is 0 Å². The van der Waals surface area contributed by atoms with Gasteiger partial charge in [-0.05, 0) is 76.8 Å². The number of aromatic hydroxyl groups is 1. The van der Waals surface area contributed by atoms with E-state index >= 15 is 0 Å². The predicted molar refractivity (Wildman–Crippen MR) is 163 cm³/mol. The first-order valence-electron chi connectivity index (χ1n) is 14.2. The van der Waals surface area contributed by atoms with Crippen LogP contribution in [0.3, 0.4) is 0 Å². The van der Waals surface area contributed by atoms with Crippen LogP contribution in [0, 0.1) is 17.8 Å². The van der Waals surface area contributed by atoms with E-state index in [4.69, 9.17) is 0 Å². The second-order valence-electron chi connectivity index (χ2n) is 11.0. The molecule has 1 fully saturated rings. The average Bonchev–Trinajstić information content (AvgIpc) is 3.27. The number of hydrogen-bond donors (Lipinski definition) is 6. The number of phenolic OH excluding ortho intramolecular Hbond substituents is 1. The Bertz CT molecular complexity index is 1550. The van der Waals surface area contributed by atoms with Crippen LogP contribution in [-0.2, 0) is 9.59 Å². The highest BCUT2D eigenvalue weighted by molar-refractivity contribution is 6.58. The molecule has 2 aliphatic rings. The molecule has 43 heavy (non-hydrogen) atoms. The van der Waals surface area contributed by atoms with Crippen molar-refractivity contribution in [2.45, 2.75) is 25.4 Å². The minimum atomic E-state index is -1.79. The molecule has 0 saturated carbocycles. The topological polar surface area (TPSA) is 159 Å². The van der Waals surface area contributed by atoms with Crippen molar-refractivity contribution in [2.75, 3.05) is 18.1 Å². The molecule has 1 saturated heterocycles. The zero-order chi connectivity index (χ0) is 30.7. The van der Waals surface area contributed by atoms with Crippen LogP contribution in [0.1, 0.15) is 30.4 Å². The van der Waals surface area contributed by atoms with Crippen LogP contribution in [0.5, 0.6) is 5.75 Å². The van der Waals surface area contributed by atoms with E-state index in [0.717, 1.165) is 21.6 Å². The molecule has 222 valence electrons. The Balaban J connectivity index is 1.43. The number of allylic oxidation sites excluding steroid dienone is 1. The highest BCUT2D eigenvalue weighted by Gasteiger charge is 2.55. The summed E-state index contributed by atoms with van der Waals surface area (Å²) in [6.07, 6.45) is 1.50. The molecule has 0 radical (unpaired) electrons. The van der Waals surface area contributed by atoms with Crippen molar-refractivity contribution in [3.8, 4) is 5.75 Å². The summed E-state index contributed by atoms with van der Waals surface area (Å²) < 4.78 is 0. The summed E-state index contributed by atoms with van der Waals surface area (Å²) in [6, 6.07) is 22.3. The van der Waals surface area contributed by atoms with Gasteiger partial charge in [-0.3, -0.25) is 14.5 Å². The SMILES string of the molecule is O=C1[C@@H]2[C@@H](CC(CO)=C([C@H](O)CC/C(=C/c3cccc(O)c3)c3ccccc3)[C@@H]2CO)C(=O)N1c1cccc(B(O)O)c1. The number of carbonyl (C=O) groups is 2. The molecule has 6 N–H and O–H groups in total. The van der Waals surface area contributed by atoms with Gasteiger partial charge in [0.1, 0.15) is 5.75 Å². The van der Waals surface area contributed by atoms with E-state index in [0.29, 0.717) is 17.6 Å². The minimum absolute atomic E-state index is 0.0537. The van der Waals surface area contributed by atoms with Gasteiger partial charge in [-0.2, -0.15) is 0 Å². The van der Waals surface area contributed by atoms with E-state index in [1.807, 2.05) is 42.5 Å². The van der Waals surface area contributed by atoms with Gasteiger partial charge < -0.3 is 30.5 Å². The summed E-state index contributed by atoms with van der Waals surface area (Å²) in [5.74, 6) is -3.59. The van der Waals surface area contributed by atoms with Crippen molar-refractivity contribution in [2.24, 2.45) is 17.8 Å². The van der Waals surface area contributed by atoms with E-state index in [9.17, 15) is 40.1 Å². The molecule has 9 nitrogen and oxygen atoms in total. The molecule has 3 aromatic carbocycles. The summed E-state index contributed by atoms with van der Waals surface area (Å²) in [5, 5.41) is 61.5. The van der Waals surface area contributed by atoms with Crippen LogP contribution in [0.2, 0.25) is 0 Å². The van der Waals surface area contributed by atoms with Crippen LogP contribution in [-0.4, -0.2) is 68.7 Å². The van der Waals surface area contributed by atoms with Crippen LogP contribution < -0.4 is 10.4 Å². The van der Waals surface area contributed by atoms with Crippen molar-refractivity contribution in [1.29, 1.82) is 0 Å². The van der Waals surface area contributed by atoms with Gasteiger partial charge in [0.2, 0.25) is 11.8 Å². The van der Waals surface area contributed by atoms with Crippen molar-refractivity contribution in [1.82, 2.24) is 0 Å². The number of fused-ring (bicyclic) bond motifs is 1. The highest BCUT2D eigenvalue weighted by Crippen LogP contribution is 2.47. The van der Waals surface area contributed by atoms with E-state index in [-0.39, 0.29) is 29.7 Å². The summed E-state index contributed by atoms with van der Waals surface area (Å²) in [5.41, 5.74) is 3.71. The lowest BCUT2D eigenvalue weighted by atomic mass is 9.68. The molecule has 10 heteroatoms. The number of hydrogen-bond acceptors (Lipinski definition) is 8. The minimum Gasteiger partial charge on any atom is -0.508 e. The number of phenols is 1. The predicted octanol–water partition coefficient (Wildman–Crippen LogP) is 1.86. The number of carbonyl (C=O) groups excluding carboxylic acids is 2. The third kappa shape index (κ3) is 6.20. The summed E-state index contributed by atoms with van der Waals surface area (Å²) in [6.45, 7) is -0.950. The third-order valence-electron chi connectivity index (χ3n) is 8.40. The maximum absolute atomic E-state index is 13.7. The van der Waals surface area contributed by atoms with Gasteiger partial charge in [0.05, 0.1) is 36.8 Å². The van der Waals surface area contributed by atoms with Crippen LogP contribution in [0.25, 0.3) is 11.6 Å². The molecule has 0 unspecified atom stereocenters. The number of amides is 2. The number of imide groups is 1. The van der Waals surface area contributed by atoms with Gasteiger partial charge in [0, 0.05) is 5.92 Å². The molecule has 1 heterocycles. The Labute approximate surface area is 249 Å². The fraction of sp³-hybridized carbons (Fsp3) is 0.273. The Hall–Kier alpha value is -4.06. The van der Waals surface area contributed by atoms with Crippen molar-refractivity contribution in [3.63, 3.8) is 0 Å². The Kier molecular flexibility index (Phi) is 9.24. The molecule has 5 rings (SSSR count). The fourth-order valence-corrected chi connectivity index (χ4v) is 6.40. The van der Waals surface area contributed by atoms with Crippen molar-refractivity contribution < 1.29 is 40.1 Å². The molecule has 0 aromatic heterocycles. The van der Waals surface area contributed by atoms with Crippen molar-refractivity contribution in [3.05, 3.63) is 101 Å². The quantitative estimate of drug-likeness (QED) is 0.0914. The average molecular weight is 583 g/mol. The molecule has 0 spiro atoms. The molecule has 0 bridgehead atoms. The van der Waals surface area contributed by atoms with Crippen molar-refractivity contribution >= 4 is 41.7 Å². The maximum atomic E-state index is 13.7. The molecule has 3 aromatic rings. The van der Waals surface area contributed by atoms with E-state index in [2.05, 4.69) is 0 Å². The van der Waals surface area contributed by atoms with Crippen LogP contribution >= 0.6 is 0 Å². The number of rotatable bonds is 10. The first-order chi connectivity index (χ1) is 20.7. The molecule has 4 atom stereocenters. The van der Waals surface area contributed by atoms with Crippen LogP contribution in [0.15, 0.2) is 90.0 Å². The molecular weight excluding hydrogens is 549 g/mol. The first kappa shape index (κ1) is 30.4. The molecule has 2 amide bonds. The van der Waals surface area contributed by atoms with Gasteiger partial charge in [0.15, 0.2) is 0 Å². The zero-order valence-corrected chi connectivity index (χ0v) is 23.5. The Morgan fingerprint density at radius 2 is 1.70 bits per heavy atom. The second-order valence-corrected chi connectivity index (χ2v) is 11.0. The van der Waals surface area contributed by atoms with Gasteiger partial charge in [-0.15, -0.1) is 0 Å². The third-order valence-corrected chi connectivity index (χ3v) is 8.40. The van der Waals surface area contributed by atoms with E-state index in [1.165, 1.54) is 24.3 Å². The second kappa shape index (κ2) is 13.1. The monoisotopic (exact) mass is 583 g/mol. The van der Waals surface area contributed by atoms with Gasteiger partial charge in [-0.1, -0.05) is 60.7 Å². The lowest BCUT2D eigenvalue weighted by Gasteiger charge is -2.36. The number of nitrogens with zero attached hydrogens (tertiary/aromatic N) is 1. The summed E-state index contributed by atoms with van der Waals surface area (Å²) in [7, 11) is -1.79. The van der Waals surface area contributed by atoms with E-state index in [1.54, 1.807) is 18.2 Å². The number of benzene rings is 3. The Morgan fingerprint density at radius 3 is 2.37 bits per heavy atom. The summed E-state index contributed by atoms with van der Waals surface area (Å²) >= 11 is 0. The Morgan fingerprint density at radius 1 is 0.953 bits per heavy atom. The zero-order valence-electron chi connectivity index (χ0n) is 23.5. The standard InChI is InChI=1S/C33H34BNO8/c36-18-23-16-27-31(33(41)35(32(27)40)25-10-5-9-24(17-25)34(42)43)28(19-37)30(23)29(39)13-12-22(21-7-2-1-3-8-21)14-20-6-4-11-26(38)15-20/h1-11,14-15,17,27-29,31,36-39,42-43H,12-13,16,18-19H2/b22-14-/t27-,28+,29-,31-/m1/s1. The lowest BCUT2D eigenvalue weighted by molar-refractivity contribution is -0.123. The molecular formula is C33H34BNO8.